The zero-order valence-electron chi connectivity index (χ0n) is 25.4. The van der Waals surface area contributed by atoms with E-state index >= 15 is 0 Å². The molecule has 5 aromatic heterocycles. The lowest BCUT2D eigenvalue weighted by molar-refractivity contribution is -0.144. The van der Waals surface area contributed by atoms with E-state index in [1.54, 1.807) is 24.4 Å². The number of imidazole rings is 1. The van der Waals surface area contributed by atoms with Crippen molar-refractivity contribution in [2.24, 2.45) is 0 Å². The summed E-state index contributed by atoms with van der Waals surface area (Å²) in [7, 11) is 0. The maximum absolute atomic E-state index is 13.1. The van der Waals surface area contributed by atoms with E-state index in [0.717, 1.165) is 49.4 Å². The number of H-pyrrole nitrogens is 1. The lowest BCUT2D eigenvalue weighted by Crippen LogP contribution is -2.35. The molecule has 1 atom stereocenters. The molecule has 5 aromatic rings. The van der Waals surface area contributed by atoms with Crippen LogP contribution in [0.25, 0.3) is 22.6 Å². The van der Waals surface area contributed by atoms with E-state index in [4.69, 9.17) is 19.4 Å². The van der Waals surface area contributed by atoms with Crippen molar-refractivity contribution in [3.63, 3.8) is 0 Å². The van der Waals surface area contributed by atoms with Crippen molar-refractivity contribution >= 4 is 11.0 Å². The Morgan fingerprint density at radius 3 is 2.50 bits per heavy atom. The van der Waals surface area contributed by atoms with Crippen molar-refractivity contribution in [1.82, 2.24) is 44.6 Å². The highest BCUT2D eigenvalue weighted by molar-refractivity contribution is 5.78. The number of hydrogen-bond acceptors (Lipinski definition) is 10. The van der Waals surface area contributed by atoms with Crippen molar-refractivity contribution in [3.8, 4) is 23.3 Å². The van der Waals surface area contributed by atoms with E-state index in [-0.39, 0.29) is 36.0 Å². The van der Waals surface area contributed by atoms with Crippen LogP contribution in [0.15, 0.2) is 48.8 Å². The van der Waals surface area contributed by atoms with Crippen LogP contribution in [0.3, 0.4) is 0 Å². The molecule has 0 saturated carbocycles. The summed E-state index contributed by atoms with van der Waals surface area (Å²) in [5.41, 5.74) is 3.17. The highest BCUT2D eigenvalue weighted by Crippen LogP contribution is 2.31. The van der Waals surface area contributed by atoms with Gasteiger partial charge in [0, 0.05) is 42.1 Å². The fourth-order valence-electron chi connectivity index (χ4n) is 5.80. The first kappa shape index (κ1) is 31.8. The molecule has 0 spiro atoms. The van der Waals surface area contributed by atoms with Gasteiger partial charge in [-0.15, -0.1) is 0 Å². The molecule has 0 radical (unpaired) electrons. The molecule has 2 fully saturated rings. The predicted molar refractivity (Wildman–Crippen MR) is 159 cm³/mol. The highest BCUT2D eigenvalue weighted by Gasteiger charge is 2.35. The van der Waals surface area contributed by atoms with Gasteiger partial charge in [0.15, 0.2) is 5.82 Å². The van der Waals surface area contributed by atoms with Crippen LogP contribution in [0, 0.1) is 0 Å². The number of nitrogens with one attached hydrogen (secondary N) is 1. The van der Waals surface area contributed by atoms with Gasteiger partial charge in [-0.05, 0) is 50.6 Å². The molecule has 0 bridgehead atoms. The van der Waals surface area contributed by atoms with Gasteiger partial charge < -0.3 is 18.8 Å². The fraction of sp³-hybridized carbons (Fsp3) is 0.419. The number of aromatic amines is 1. The Labute approximate surface area is 270 Å². The molecule has 2 aliphatic heterocycles. The maximum atomic E-state index is 13.1. The van der Waals surface area contributed by atoms with Gasteiger partial charge in [0.2, 0.25) is 17.6 Å². The van der Waals surface area contributed by atoms with Gasteiger partial charge in [0.1, 0.15) is 18.1 Å². The number of hydrogen-bond donors (Lipinski definition) is 1. The number of nitrogens with zero attached hydrogens (tertiary/aromatic N) is 8. The second-order valence-corrected chi connectivity index (χ2v) is 11.6. The SMILES string of the molecule is FC(F)Oc1ccc(COc2cccc(C3CCN(Cc4nc5cc(-c6n[nH]c(C(F)(F)F)n6)ncc5n4C[C@@H]4CCO4)CC3)n2)cn1. The molecule has 252 valence electrons. The standard InChI is InChI=1S/C31H30F5N9O3/c32-30(33)48-26-5-4-18(13-38-26)17-47-27-3-1-2-21(40-27)19-6-9-44(10-7-19)16-25-39-22-12-23(28-41-29(43-42-28)31(34,35)36)37-14-24(22)45(25)15-20-8-11-46-20/h1-5,12-14,19-20,30H,6-11,15-17H2,(H,41,42,43)/t20-/m0/s1. The maximum Gasteiger partial charge on any atom is 0.451 e. The largest absolute Gasteiger partial charge is 0.473 e. The quantitative estimate of drug-likeness (QED) is 0.183. The summed E-state index contributed by atoms with van der Waals surface area (Å²) in [5, 5.41) is 5.63. The number of alkyl halides is 5. The Hall–Kier alpha value is -4.77. The number of rotatable bonds is 11. The molecular formula is C31H30F5N9O3. The second kappa shape index (κ2) is 13.4. The van der Waals surface area contributed by atoms with Gasteiger partial charge in [-0.3, -0.25) is 15.0 Å². The minimum absolute atomic E-state index is 0.0598. The lowest BCUT2D eigenvalue weighted by atomic mass is 9.93. The fourth-order valence-corrected chi connectivity index (χ4v) is 5.80. The van der Waals surface area contributed by atoms with Gasteiger partial charge >= 0.3 is 12.8 Å². The molecule has 1 N–H and O–H groups in total. The Kier molecular flexibility index (Phi) is 8.87. The van der Waals surface area contributed by atoms with Crippen molar-refractivity contribution in [1.29, 1.82) is 0 Å². The Balaban J connectivity index is 1.00. The minimum atomic E-state index is -4.64. The number of pyridine rings is 3. The average Bonchev–Trinajstić information content (AvgIpc) is 3.68. The minimum Gasteiger partial charge on any atom is -0.473 e. The van der Waals surface area contributed by atoms with Gasteiger partial charge in [-0.1, -0.05) is 6.07 Å². The van der Waals surface area contributed by atoms with Crippen LogP contribution in [0.5, 0.6) is 11.8 Å². The van der Waals surface area contributed by atoms with Gasteiger partial charge in [-0.25, -0.2) is 19.9 Å². The Morgan fingerprint density at radius 1 is 0.979 bits per heavy atom. The zero-order valence-corrected chi connectivity index (χ0v) is 25.4. The normalized spacial score (nSPS) is 17.6. The van der Waals surface area contributed by atoms with Crippen LogP contribution < -0.4 is 9.47 Å². The number of halogens is 5. The van der Waals surface area contributed by atoms with Crippen molar-refractivity contribution in [3.05, 3.63) is 71.7 Å². The average molecular weight is 672 g/mol. The summed E-state index contributed by atoms with van der Waals surface area (Å²) in [4.78, 5) is 23.7. The molecule has 7 heterocycles. The molecule has 48 heavy (non-hydrogen) atoms. The first-order valence-corrected chi connectivity index (χ1v) is 15.4. The first-order chi connectivity index (χ1) is 23.2. The number of fused-ring (bicyclic) bond motifs is 1. The summed E-state index contributed by atoms with van der Waals surface area (Å²) in [5.74, 6) is 0.0131. The molecule has 7 rings (SSSR count). The van der Waals surface area contributed by atoms with Gasteiger partial charge in [0.05, 0.1) is 36.4 Å². The van der Waals surface area contributed by atoms with Crippen LogP contribution >= 0.6 is 0 Å². The monoisotopic (exact) mass is 671 g/mol. The van der Waals surface area contributed by atoms with Crippen LogP contribution in [0.1, 0.15) is 48.1 Å². The molecule has 0 amide bonds. The van der Waals surface area contributed by atoms with E-state index in [1.165, 1.54) is 12.3 Å². The molecule has 0 aromatic carbocycles. The van der Waals surface area contributed by atoms with Crippen molar-refractivity contribution in [2.45, 2.75) is 63.8 Å². The number of aromatic nitrogens is 8. The molecular weight excluding hydrogens is 641 g/mol. The lowest BCUT2D eigenvalue weighted by Gasteiger charge is -2.32. The van der Waals surface area contributed by atoms with Crippen LogP contribution in [-0.2, 0) is 30.6 Å². The molecule has 2 aliphatic rings. The van der Waals surface area contributed by atoms with Crippen molar-refractivity contribution < 1.29 is 36.2 Å². The Morgan fingerprint density at radius 2 is 1.81 bits per heavy atom. The number of likely N-dealkylation sites (tertiary alicyclic amines) is 1. The van der Waals surface area contributed by atoms with E-state index in [9.17, 15) is 22.0 Å². The summed E-state index contributed by atoms with van der Waals surface area (Å²) in [6, 6.07) is 10.2. The highest BCUT2D eigenvalue weighted by atomic mass is 19.4. The third-order valence-electron chi connectivity index (χ3n) is 8.39. The zero-order chi connectivity index (χ0) is 33.3. The summed E-state index contributed by atoms with van der Waals surface area (Å²) < 4.78 is 81.8. The van der Waals surface area contributed by atoms with Gasteiger partial charge in [-0.2, -0.15) is 27.1 Å². The molecule has 17 heteroatoms. The van der Waals surface area contributed by atoms with E-state index in [2.05, 4.69) is 34.3 Å². The summed E-state index contributed by atoms with van der Waals surface area (Å²) >= 11 is 0. The molecule has 2 saturated heterocycles. The first-order valence-electron chi connectivity index (χ1n) is 15.4. The number of ether oxygens (including phenoxy) is 3. The van der Waals surface area contributed by atoms with E-state index < -0.39 is 18.6 Å². The predicted octanol–water partition coefficient (Wildman–Crippen LogP) is 5.37. The molecule has 0 aliphatic carbocycles. The third kappa shape index (κ3) is 7.21. The number of piperidine rings is 1. The van der Waals surface area contributed by atoms with Crippen LogP contribution in [-0.4, -0.2) is 77.0 Å². The summed E-state index contributed by atoms with van der Waals surface area (Å²) in [6.45, 7) is 0.735. The van der Waals surface area contributed by atoms with Gasteiger partial charge in [0.25, 0.3) is 0 Å². The third-order valence-corrected chi connectivity index (χ3v) is 8.39. The van der Waals surface area contributed by atoms with E-state index in [1.807, 2.05) is 17.2 Å². The molecule has 12 nitrogen and oxygen atoms in total. The van der Waals surface area contributed by atoms with Crippen LogP contribution in [0.4, 0.5) is 22.0 Å². The van der Waals surface area contributed by atoms with Crippen molar-refractivity contribution in [2.75, 3.05) is 19.7 Å². The van der Waals surface area contributed by atoms with E-state index in [0.29, 0.717) is 36.7 Å². The topological polar surface area (TPSA) is 129 Å². The van der Waals surface area contributed by atoms with Crippen LogP contribution in [0.2, 0.25) is 0 Å². The molecule has 0 unspecified atom stereocenters. The summed E-state index contributed by atoms with van der Waals surface area (Å²) in [6.07, 6.45) is 1.12. The second-order valence-electron chi connectivity index (χ2n) is 11.6. The smallest absolute Gasteiger partial charge is 0.451 e. The Bertz CT molecular complexity index is 1850.